The maximum Gasteiger partial charge on any atom is 0.498 e. The SMILES string of the molecule is CC(F)(F)COc1ncc(B2OC(C)(C)C(C)(C)O2)cn1. The molecule has 1 fully saturated rings. The summed E-state index contributed by atoms with van der Waals surface area (Å²) in [7, 11) is -0.586. The molecule has 0 N–H and O–H groups in total. The summed E-state index contributed by atoms with van der Waals surface area (Å²) in [5.41, 5.74) is -0.307. The van der Waals surface area contributed by atoms with E-state index >= 15 is 0 Å². The second-order valence-electron chi connectivity index (χ2n) is 6.25. The third-order valence-electron chi connectivity index (χ3n) is 3.63. The van der Waals surface area contributed by atoms with Gasteiger partial charge in [0.05, 0.1) is 11.2 Å². The average molecular weight is 300 g/mol. The highest BCUT2D eigenvalue weighted by Gasteiger charge is 2.51. The lowest BCUT2D eigenvalue weighted by atomic mass is 9.81. The number of halogens is 2. The molecule has 116 valence electrons. The van der Waals surface area contributed by atoms with Crippen LogP contribution in [0, 0.1) is 0 Å². The number of nitrogens with zero attached hydrogens (tertiary/aromatic N) is 2. The monoisotopic (exact) mass is 300 g/mol. The molecule has 0 aromatic carbocycles. The molecule has 0 amide bonds. The van der Waals surface area contributed by atoms with Crippen molar-refractivity contribution in [2.45, 2.75) is 51.7 Å². The van der Waals surface area contributed by atoms with Gasteiger partial charge in [0.25, 0.3) is 5.92 Å². The third-order valence-corrected chi connectivity index (χ3v) is 3.63. The number of aromatic nitrogens is 2. The highest BCUT2D eigenvalue weighted by Crippen LogP contribution is 2.36. The van der Waals surface area contributed by atoms with Gasteiger partial charge in [-0.25, -0.2) is 18.7 Å². The zero-order valence-electron chi connectivity index (χ0n) is 12.8. The molecule has 1 aliphatic rings. The van der Waals surface area contributed by atoms with Crippen molar-refractivity contribution in [3.8, 4) is 6.01 Å². The first-order chi connectivity index (χ1) is 9.50. The minimum absolute atomic E-state index is 0.100. The van der Waals surface area contributed by atoms with Gasteiger partial charge in [0.2, 0.25) is 0 Å². The smallest absolute Gasteiger partial charge is 0.457 e. The van der Waals surface area contributed by atoms with Crippen LogP contribution in [-0.4, -0.2) is 40.8 Å². The highest BCUT2D eigenvalue weighted by molar-refractivity contribution is 6.61. The highest BCUT2D eigenvalue weighted by atomic mass is 19.3. The van der Waals surface area contributed by atoms with E-state index in [1.807, 2.05) is 27.7 Å². The maximum absolute atomic E-state index is 12.7. The van der Waals surface area contributed by atoms with Crippen molar-refractivity contribution in [2.75, 3.05) is 6.61 Å². The second kappa shape index (κ2) is 5.17. The molecule has 0 spiro atoms. The van der Waals surface area contributed by atoms with Crippen LogP contribution in [0.2, 0.25) is 0 Å². The normalized spacial score (nSPS) is 20.6. The first-order valence-corrected chi connectivity index (χ1v) is 6.68. The van der Waals surface area contributed by atoms with Crippen LogP contribution in [0.25, 0.3) is 0 Å². The summed E-state index contributed by atoms with van der Waals surface area (Å²) in [5, 5.41) is 0. The second-order valence-corrected chi connectivity index (χ2v) is 6.25. The molecular formula is C13H19BF2N2O3. The van der Waals surface area contributed by atoms with Gasteiger partial charge in [0.15, 0.2) is 6.61 Å². The van der Waals surface area contributed by atoms with E-state index in [1.165, 1.54) is 12.4 Å². The first-order valence-electron chi connectivity index (χ1n) is 6.68. The van der Waals surface area contributed by atoms with E-state index in [4.69, 9.17) is 14.0 Å². The van der Waals surface area contributed by atoms with Crippen molar-refractivity contribution in [1.29, 1.82) is 0 Å². The van der Waals surface area contributed by atoms with Crippen LogP contribution in [0.15, 0.2) is 12.4 Å². The van der Waals surface area contributed by atoms with Gasteiger partial charge in [0, 0.05) is 24.8 Å². The molecule has 5 nitrogen and oxygen atoms in total. The van der Waals surface area contributed by atoms with Crippen molar-refractivity contribution in [2.24, 2.45) is 0 Å². The molecule has 8 heteroatoms. The van der Waals surface area contributed by atoms with E-state index in [9.17, 15) is 8.78 Å². The lowest BCUT2D eigenvalue weighted by molar-refractivity contribution is -0.0256. The summed E-state index contributed by atoms with van der Waals surface area (Å²) in [6, 6.07) is -0.100. The Labute approximate surface area is 123 Å². The lowest BCUT2D eigenvalue weighted by Gasteiger charge is -2.32. The standard InChI is InChI=1S/C13H19BF2N2O3/c1-11(2)12(3,4)21-14(20-11)9-6-17-10(18-7-9)19-8-13(5,15)16/h6-7H,8H2,1-5H3. The van der Waals surface area contributed by atoms with Gasteiger partial charge in [-0.3, -0.25) is 0 Å². The Kier molecular flexibility index (Phi) is 3.97. The van der Waals surface area contributed by atoms with Crippen LogP contribution in [0.3, 0.4) is 0 Å². The fourth-order valence-electron chi connectivity index (χ4n) is 1.69. The van der Waals surface area contributed by atoms with Crippen molar-refractivity contribution < 1.29 is 22.8 Å². The van der Waals surface area contributed by atoms with E-state index in [1.54, 1.807) is 0 Å². The summed E-state index contributed by atoms with van der Waals surface area (Å²) in [6.45, 7) is 7.77. The molecule has 0 aliphatic carbocycles. The van der Waals surface area contributed by atoms with E-state index in [0.717, 1.165) is 6.92 Å². The van der Waals surface area contributed by atoms with Gasteiger partial charge in [-0.15, -0.1) is 0 Å². The molecule has 2 rings (SSSR count). The van der Waals surface area contributed by atoms with Gasteiger partial charge < -0.3 is 14.0 Å². The van der Waals surface area contributed by atoms with Crippen LogP contribution in [0.4, 0.5) is 8.78 Å². The zero-order chi connectivity index (χ0) is 15.9. The van der Waals surface area contributed by atoms with E-state index in [2.05, 4.69) is 9.97 Å². The Morgan fingerprint density at radius 1 is 1.14 bits per heavy atom. The molecule has 21 heavy (non-hydrogen) atoms. The van der Waals surface area contributed by atoms with Gasteiger partial charge in [-0.2, -0.15) is 0 Å². The average Bonchev–Trinajstić information content (AvgIpc) is 2.56. The Morgan fingerprint density at radius 2 is 1.62 bits per heavy atom. The fraction of sp³-hybridized carbons (Fsp3) is 0.692. The molecule has 0 radical (unpaired) electrons. The molecule has 2 heterocycles. The molecule has 0 unspecified atom stereocenters. The number of rotatable bonds is 4. The summed E-state index contributed by atoms with van der Waals surface area (Å²) >= 11 is 0. The summed E-state index contributed by atoms with van der Waals surface area (Å²) in [6.07, 6.45) is 2.91. The van der Waals surface area contributed by atoms with Gasteiger partial charge in [-0.1, -0.05) is 0 Å². The minimum atomic E-state index is -2.92. The molecular weight excluding hydrogens is 281 g/mol. The number of alkyl halides is 2. The van der Waals surface area contributed by atoms with Crippen molar-refractivity contribution in [3.05, 3.63) is 12.4 Å². The van der Waals surface area contributed by atoms with E-state index in [-0.39, 0.29) is 6.01 Å². The third kappa shape index (κ3) is 3.68. The van der Waals surface area contributed by atoms with Gasteiger partial charge in [-0.05, 0) is 27.7 Å². The van der Waals surface area contributed by atoms with Crippen molar-refractivity contribution in [3.63, 3.8) is 0 Å². The molecule has 0 saturated carbocycles. The maximum atomic E-state index is 12.7. The Balaban J connectivity index is 2.04. The summed E-state index contributed by atoms with van der Waals surface area (Å²) in [4.78, 5) is 7.79. The minimum Gasteiger partial charge on any atom is -0.457 e. The Bertz CT molecular complexity index is 487. The number of hydrogen-bond acceptors (Lipinski definition) is 5. The fourth-order valence-corrected chi connectivity index (χ4v) is 1.69. The lowest BCUT2D eigenvalue weighted by Crippen LogP contribution is -2.41. The van der Waals surface area contributed by atoms with Crippen LogP contribution >= 0.6 is 0 Å². The number of ether oxygens (including phenoxy) is 1. The molecule has 1 aromatic heterocycles. The topological polar surface area (TPSA) is 53.5 Å². The zero-order valence-corrected chi connectivity index (χ0v) is 12.8. The predicted molar refractivity (Wildman–Crippen MR) is 73.9 cm³/mol. The van der Waals surface area contributed by atoms with Crippen LogP contribution < -0.4 is 10.2 Å². The van der Waals surface area contributed by atoms with Crippen molar-refractivity contribution >= 4 is 12.6 Å². The predicted octanol–water partition coefficient (Wildman–Crippen LogP) is 1.81. The molecule has 1 aliphatic heterocycles. The molecule has 1 saturated heterocycles. The van der Waals surface area contributed by atoms with Crippen LogP contribution in [0.1, 0.15) is 34.6 Å². The molecule has 0 bridgehead atoms. The van der Waals surface area contributed by atoms with Gasteiger partial charge >= 0.3 is 13.1 Å². The first kappa shape index (κ1) is 16.1. The van der Waals surface area contributed by atoms with E-state index in [0.29, 0.717) is 5.46 Å². The van der Waals surface area contributed by atoms with Crippen molar-refractivity contribution in [1.82, 2.24) is 9.97 Å². The molecule has 0 atom stereocenters. The molecule has 1 aromatic rings. The largest absolute Gasteiger partial charge is 0.498 e. The van der Waals surface area contributed by atoms with Gasteiger partial charge in [0.1, 0.15) is 0 Å². The Hall–Kier alpha value is -1.28. The summed E-state index contributed by atoms with van der Waals surface area (Å²) in [5.74, 6) is -2.92. The van der Waals surface area contributed by atoms with Crippen LogP contribution in [-0.2, 0) is 9.31 Å². The van der Waals surface area contributed by atoms with Crippen LogP contribution in [0.5, 0.6) is 6.01 Å². The summed E-state index contributed by atoms with van der Waals surface area (Å²) < 4.78 is 41.9. The Morgan fingerprint density at radius 3 is 2.05 bits per heavy atom. The quantitative estimate of drug-likeness (QED) is 0.794. The number of hydrogen-bond donors (Lipinski definition) is 0. The van der Waals surface area contributed by atoms with E-state index < -0.39 is 30.8 Å².